The van der Waals surface area contributed by atoms with Gasteiger partial charge in [-0.15, -0.1) is 10.2 Å². The van der Waals surface area contributed by atoms with E-state index in [1.54, 1.807) is 6.07 Å². The van der Waals surface area contributed by atoms with E-state index in [9.17, 15) is 9.90 Å². The van der Waals surface area contributed by atoms with Gasteiger partial charge in [0.1, 0.15) is 17.5 Å². The number of hydrogen-bond acceptors (Lipinski definition) is 6. The molecule has 8 nitrogen and oxygen atoms in total. The molecule has 1 N–H and O–H groups in total. The monoisotopic (exact) mass is 370 g/mol. The summed E-state index contributed by atoms with van der Waals surface area (Å²) in [5, 5.41) is 18.1. The number of pyridine rings is 1. The van der Waals surface area contributed by atoms with Crippen LogP contribution in [0.25, 0.3) is 0 Å². The fourth-order valence-electron chi connectivity index (χ4n) is 4.12. The highest BCUT2D eigenvalue weighted by Crippen LogP contribution is 2.28. The van der Waals surface area contributed by atoms with Crippen LogP contribution in [0, 0.1) is 0 Å². The van der Waals surface area contributed by atoms with Crippen LogP contribution in [-0.2, 0) is 13.6 Å². The number of aromatic carboxylic acids is 1. The number of nitrogens with zero attached hydrogens (tertiary/aromatic N) is 6. The number of rotatable bonds is 5. The van der Waals surface area contributed by atoms with Crippen LogP contribution in [0.5, 0.6) is 0 Å². The Morgan fingerprint density at radius 3 is 2.78 bits per heavy atom. The van der Waals surface area contributed by atoms with Gasteiger partial charge in [-0.1, -0.05) is 6.07 Å². The largest absolute Gasteiger partial charge is 0.477 e. The maximum atomic E-state index is 11.2. The van der Waals surface area contributed by atoms with Crippen LogP contribution in [0.3, 0.4) is 0 Å². The van der Waals surface area contributed by atoms with E-state index in [-0.39, 0.29) is 11.6 Å². The molecule has 0 amide bonds. The molecule has 4 heterocycles. The zero-order valence-electron chi connectivity index (χ0n) is 15.7. The summed E-state index contributed by atoms with van der Waals surface area (Å²) in [5.74, 6) is 2.04. The number of carboxylic acids is 1. The molecule has 0 aromatic carbocycles. The molecule has 4 rings (SSSR count). The molecule has 2 aliphatic heterocycles. The standard InChI is InChI=1S/C19H26N6O2/c1-23-17(13-24-9-2-3-10-24)21-22-18(23)14-6-5-11-25(12-14)16-8-4-7-15(20-16)19(26)27/h4,7-8,14H,2-3,5-6,9-13H2,1H3,(H,26,27)/t14-/m1/s1. The van der Waals surface area contributed by atoms with E-state index in [0.717, 1.165) is 63.0 Å². The summed E-state index contributed by atoms with van der Waals surface area (Å²) >= 11 is 0. The Hall–Kier alpha value is -2.48. The van der Waals surface area contributed by atoms with Gasteiger partial charge in [-0.3, -0.25) is 4.90 Å². The number of anilines is 1. The van der Waals surface area contributed by atoms with E-state index in [1.165, 1.54) is 18.9 Å². The van der Waals surface area contributed by atoms with Crippen molar-refractivity contribution in [2.24, 2.45) is 7.05 Å². The Labute approximate surface area is 158 Å². The first-order chi connectivity index (χ1) is 13.1. The SMILES string of the molecule is Cn1c(CN2CCCC2)nnc1[C@@H]1CCCN(c2cccc(C(=O)O)n2)C1. The Kier molecular flexibility index (Phi) is 5.07. The first kappa shape index (κ1) is 17.9. The van der Waals surface area contributed by atoms with Crippen molar-refractivity contribution < 1.29 is 9.90 Å². The van der Waals surface area contributed by atoms with Crippen LogP contribution >= 0.6 is 0 Å². The van der Waals surface area contributed by atoms with Gasteiger partial charge in [0.2, 0.25) is 0 Å². The van der Waals surface area contributed by atoms with E-state index >= 15 is 0 Å². The molecule has 144 valence electrons. The molecular weight excluding hydrogens is 344 g/mol. The summed E-state index contributed by atoms with van der Waals surface area (Å²) in [5.41, 5.74) is 0.0844. The lowest BCUT2D eigenvalue weighted by molar-refractivity contribution is 0.0690. The number of hydrogen-bond donors (Lipinski definition) is 1. The second kappa shape index (κ2) is 7.64. The van der Waals surface area contributed by atoms with Gasteiger partial charge in [0.05, 0.1) is 6.54 Å². The van der Waals surface area contributed by atoms with Crippen LogP contribution in [-0.4, -0.2) is 61.9 Å². The highest BCUT2D eigenvalue weighted by molar-refractivity contribution is 5.85. The number of aromatic nitrogens is 4. The normalized spacial score (nSPS) is 20.9. The van der Waals surface area contributed by atoms with Gasteiger partial charge in [-0.2, -0.15) is 0 Å². The highest BCUT2D eigenvalue weighted by atomic mass is 16.4. The second-order valence-electron chi connectivity index (χ2n) is 7.49. The van der Waals surface area contributed by atoms with Gasteiger partial charge in [-0.25, -0.2) is 9.78 Å². The van der Waals surface area contributed by atoms with Crippen LogP contribution in [0.1, 0.15) is 53.7 Å². The fraction of sp³-hybridized carbons (Fsp3) is 0.579. The molecule has 0 radical (unpaired) electrons. The van der Waals surface area contributed by atoms with Gasteiger partial charge < -0.3 is 14.6 Å². The topological polar surface area (TPSA) is 87.4 Å². The Bertz CT molecular complexity index is 814. The third-order valence-electron chi connectivity index (χ3n) is 5.63. The summed E-state index contributed by atoms with van der Waals surface area (Å²) in [7, 11) is 2.06. The molecule has 27 heavy (non-hydrogen) atoms. The second-order valence-corrected chi connectivity index (χ2v) is 7.49. The summed E-state index contributed by atoms with van der Waals surface area (Å²) in [6.45, 7) is 4.81. The number of carbonyl (C=O) groups is 1. The Balaban J connectivity index is 1.49. The van der Waals surface area contributed by atoms with E-state index in [4.69, 9.17) is 0 Å². The zero-order valence-corrected chi connectivity index (χ0v) is 15.7. The van der Waals surface area contributed by atoms with Gasteiger partial charge in [-0.05, 0) is 50.9 Å². The van der Waals surface area contributed by atoms with Gasteiger partial charge in [0.15, 0.2) is 5.69 Å². The quantitative estimate of drug-likeness (QED) is 0.860. The third-order valence-corrected chi connectivity index (χ3v) is 5.63. The fourth-order valence-corrected chi connectivity index (χ4v) is 4.12. The van der Waals surface area contributed by atoms with Crippen molar-refractivity contribution in [1.82, 2.24) is 24.6 Å². The van der Waals surface area contributed by atoms with Crippen molar-refractivity contribution in [3.8, 4) is 0 Å². The Morgan fingerprint density at radius 2 is 2.00 bits per heavy atom. The summed E-state index contributed by atoms with van der Waals surface area (Å²) in [6, 6.07) is 5.16. The molecule has 2 aromatic heterocycles. The van der Waals surface area contributed by atoms with Gasteiger partial charge in [0.25, 0.3) is 0 Å². The first-order valence-electron chi connectivity index (χ1n) is 9.67. The summed E-state index contributed by atoms with van der Waals surface area (Å²) in [6.07, 6.45) is 4.62. The van der Waals surface area contributed by atoms with Crippen molar-refractivity contribution in [3.63, 3.8) is 0 Å². The van der Waals surface area contributed by atoms with Gasteiger partial charge in [0, 0.05) is 26.1 Å². The van der Waals surface area contributed by atoms with Crippen molar-refractivity contribution in [2.45, 2.75) is 38.1 Å². The molecule has 1 atom stereocenters. The number of likely N-dealkylation sites (tertiary alicyclic amines) is 1. The minimum atomic E-state index is -0.995. The molecule has 2 saturated heterocycles. The number of piperidine rings is 1. The lowest BCUT2D eigenvalue weighted by Gasteiger charge is -2.33. The molecule has 2 aliphatic rings. The molecule has 8 heteroatoms. The highest BCUT2D eigenvalue weighted by Gasteiger charge is 2.27. The van der Waals surface area contributed by atoms with E-state index < -0.39 is 5.97 Å². The van der Waals surface area contributed by atoms with Crippen LogP contribution in [0.2, 0.25) is 0 Å². The summed E-state index contributed by atoms with van der Waals surface area (Å²) in [4.78, 5) is 20.1. The van der Waals surface area contributed by atoms with E-state index in [2.05, 4.69) is 36.6 Å². The van der Waals surface area contributed by atoms with Crippen molar-refractivity contribution in [2.75, 3.05) is 31.1 Å². The maximum Gasteiger partial charge on any atom is 0.354 e. The first-order valence-corrected chi connectivity index (χ1v) is 9.67. The van der Waals surface area contributed by atoms with E-state index in [1.807, 2.05) is 6.07 Å². The lowest BCUT2D eigenvalue weighted by Crippen LogP contribution is -2.36. The van der Waals surface area contributed by atoms with E-state index in [0.29, 0.717) is 0 Å². The molecule has 0 saturated carbocycles. The third kappa shape index (κ3) is 3.80. The smallest absolute Gasteiger partial charge is 0.354 e. The lowest BCUT2D eigenvalue weighted by atomic mass is 9.97. The van der Waals surface area contributed by atoms with Crippen molar-refractivity contribution in [1.29, 1.82) is 0 Å². The molecular formula is C19H26N6O2. The Morgan fingerprint density at radius 1 is 1.19 bits per heavy atom. The average molecular weight is 370 g/mol. The zero-order chi connectivity index (χ0) is 18.8. The molecule has 0 aliphatic carbocycles. The molecule has 0 bridgehead atoms. The predicted octanol–water partition coefficient (Wildman–Crippen LogP) is 1.89. The van der Waals surface area contributed by atoms with Crippen molar-refractivity contribution >= 4 is 11.8 Å². The van der Waals surface area contributed by atoms with Crippen molar-refractivity contribution in [3.05, 3.63) is 35.5 Å². The minimum absolute atomic E-state index is 0.0844. The summed E-state index contributed by atoms with van der Waals surface area (Å²) < 4.78 is 2.15. The van der Waals surface area contributed by atoms with Crippen LogP contribution < -0.4 is 4.90 Å². The molecule has 0 unspecified atom stereocenters. The van der Waals surface area contributed by atoms with Crippen LogP contribution in [0.4, 0.5) is 5.82 Å². The minimum Gasteiger partial charge on any atom is -0.477 e. The molecule has 2 aromatic rings. The predicted molar refractivity (Wildman–Crippen MR) is 101 cm³/mol. The number of carboxylic acid groups (broad SMARTS) is 1. The molecule has 0 spiro atoms. The molecule has 2 fully saturated rings. The maximum absolute atomic E-state index is 11.2. The average Bonchev–Trinajstić information content (AvgIpc) is 3.33. The van der Waals surface area contributed by atoms with Gasteiger partial charge >= 0.3 is 5.97 Å². The van der Waals surface area contributed by atoms with Crippen LogP contribution in [0.15, 0.2) is 18.2 Å².